The Morgan fingerprint density at radius 2 is 1.91 bits per heavy atom. The number of hydrogen-bond donors (Lipinski definition) is 3. The molecule has 1 amide bonds. The highest BCUT2D eigenvalue weighted by Crippen LogP contribution is 2.40. The molecule has 0 aliphatic rings. The molecule has 1 heterocycles. The number of ether oxygens (including phenoxy) is 3. The maximum atomic E-state index is 12.6. The second-order valence-electron chi connectivity index (χ2n) is 7.07. The predicted molar refractivity (Wildman–Crippen MR) is 123 cm³/mol. The lowest BCUT2D eigenvalue weighted by atomic mass is 10.1. The molecule has 0 radical (unpaired) electrons. The van der Waals surface area contributed by atoms with Crippen LogP contribution < -0.4 is 31.0 Å². The van der Waals surface area contributed by atoms with E-state index < -0.39 is 11.9 Å². The lowest BCUT2D eigenvalue weighted by Crippen LogP contribution is -2.29. The SMILES string of the molecule is COc1cc(C(N=O)C(=O)NCCCn2ccnc2)cc(OC)c1OCCCCN=C(N)N. The molecule has 2 aromatic rings. The van der Waals surface area contributed by atoms with Crippen molar-refractivity contribution < 1.29 is 19.0 Å². The zero-order chi connectivity index (χ0) is 24.1. The summed E-state index contributed by atoms with van der Waals surface area (Å²) in [5, 5.41) is 5.75. The Bertz CT molecular complexity index is 889. The summed E-state index contributed by atoms with van der Waals surface area (Å²) in [7, 11) is 2.92. The van der Waals surface area contributed by atoms with Crippen LogP contribution in [0.3, 0.4) is 0 Å². The molecular weight excluding hydrogens is 430 g/mol. The van der Waals surface area contributed by atoms with E-state index in [4.69, 9.17) is 25.7 Å². The van der Waals surface area contributed by atoms with Gasteiger partial charge in [0.05, 0.1) is 27.2 Å². The second-order valence-corrected chi connectivity index (χ2v) is 7.07. The Hall–Kier alpha value is -3.83. The van der Waals surface area contributed by atoms with Crippen molar-refractivity contribution in [3.05, 3.63) is 41.3 Å². The topological polar surface area (TPSA) is 168 Å². The molecule has 12 heteroatoms. The number of nitrogens with zero attached hydrogens (tertiary/aromatic N) is 4. The van der Waals surface area contributed by atoms with Crippen LogP contribution in [-0.4, -0.2) is 55.3 Å². The molecule has 0 saturated heterocycles. The van der Waals surface area contributed by atoms with Gasteiger partial charge in [-0.15, -0.1) is 4.91 Å². The summed E-state index contributed by atoms with van der Waals surface area (Å²) in [5.41, 5.74) is 10.9. The van der Waals surface area contributed by atoms with E-state index in [-0.39, 0.29) is 5.96 Å². The monoisotopic (exact) mass is 461 g/mol. The van der Waals surface area contributed by atoms with E-state index in [0.717, 1.165) is 6.42 Å². The van der Waals surface area contributed by atoms with Crippen molar-refractivity contribution in [2.45, 2.75) is 31.8 Å². The maximum absolute atomic E-state index is 12.6. The van der Waals surface area contributed by atoms with Crippen LogP contribution >= 0.6 is 0 Å². The van der Waals surface area contributed by atoms with E-state index in [1.54, 1.807) is 24.7 Å². The minimum atomic E-state index is -1.25. The van der Waals surface area contributed by atoms with Crippen molar-refractivity contribution in [1.29, 1.82) is 0 Å². The average Bonchev–Trinajstić information content (AvgIpc) is 3.33. The van der Waals surface area contributed by atoms with Crippen molar-refractivity contribution in [2.75, 3.05) is 33.9 Å². The van der Waals surface area contributed by atoms with Gasteiger partial charge in [-0.05, 0) is 37.0 Å². The normalized spacial score (nSPS) is 11.3. The summed E-state index contributed by atoms with van der Waals surface area (Å²) in [6.45, 7) is 1.96. The zero-order valence-electron chi connectivity index (χ0n) is 18.9. The Labute approximate surface area is 192 Å². The molecule has 1 aromatic heterocycles. The number of nitrogens with one attached hydrogen (secondary N) is 1. The molecule has 1 atom stereocenters. The Morgan fingerprint density at radius 3 is 2.48 bits per heavy atom. The van der Waals surface area contributed by atoms with Gasteiger partial charge in [-0.3, -0.25) is 9.79 Å². The first-order valence-electron chi connectivity index (χ1n) is 10.5. The fourth-order valence-electron chi connectivity index (χ4n) is 3.05. The number of hydrogen-bond acceptors (Lipinski definition) is 8. The van der Waals surface area contributed by atoms with Crippen LogP contribution in [0.15, 0.2) is 41.0 Å². The maximum Gasteiger partial charge on any atom is 0.253 e. The van der Waals surface area contributed by atoms with E-state index in [9.17, 15) is 9.70 Å². The molecule has 5 N–H and O–H groups in total. The van der Waals surface area contributed by atoms with Crippen molar-refractivity contribution in [3.8, 4) is 17.2 Å². The third-order valence-electron chi connectivity index (χ3n) is 4.70. The van der Waals surface area contributed by atoms with Crippen LogP contribution in [0.2, 0.25) is 0 Å². The number of amides is 1. The van der Waals surface area contributed by atoms with Gasteiger partial charge in [0.15, 0.2) is 23.5 Å². The number of imidazole rings is 1. The van der Waals surface area contributed by atoms with Gasteiger partial charge < -0.3 is 35.6 Å². The molecule has 12 nitrogen and oxygen atoms in total. The minimum Gasteiger partial charge on any atom is -0.493 e. The molecule has 0 fully saturated rings. The average molecular weight is 462 g/mol. The highest BCUT2D eigenvalue weighted by molar-refractivity contribution is 5.83. The van der Waals surface area contributed by atoms with Crippen LogP contribution in [0, 0.1) is 4.91 Å². The van der Waals surface area contributed by atoms with Gasteiger partial charge >= 0.3 is 0 Å². The van der Waals surface area contributed by atoms with Gasteiger partial charge in [-0.25, -0.2) is 4.98 Å². The Kier molecular flexibility index (Phi) is 10.4. The number of aryl methyl sites for hydroxylation is 1. The lowest BCUT2D eigenvalue weighted by molar-refractivity contribution is -0.122. The van der Waals surface area contributed by atoms with Gasteiger partial charge in [0.2, 0.25) is 5.75 Å². The predicted octanol–water partition coefficient (Wildman–Crippen LogP) is 1.35. The van der Waals surface area contributed by atoms with Gasteiger partial charge in [0.25, 0.3) is 5.91 Å². The van der Waals surface area contributed by atoms with E-state index >= 15 is 0 Å². The summed E-state index contributed by atoms with van der Waals surface area (Å²) in [6.07, 6.45) is 7.33. The molecule has 1 aromatic carbocycles. The summed E-state index contributed by atoms with van der Waals surface area (Å²) in [6, 6.07) is 1.85. The third kappa shape index (κ3) is 7.98. The van der Waals surface area contributed by atoms with E-state index in [1.165, 1.54) is 14.2 Å². The van der Waals surface area contributed by atoms with Crippen LogP contribution in [-0.2, 0) is 11.3 Å². The molecule has 1 unspecified atom stereocenters. The van der Waals surface area contributed by atoms with Crippen LogP contribution in [0.1, 0.15) is 30.9 Å². The molecular formula is C21H31N7O5. The molecule has 180 valence electrons. The Balaban J connectivity index is 2.00. The first kappa shape index (κ1) is 25.4. The highest BCUT2D eigenvalue weighted by Gasteiger charge is 2.25. The lowest BCUT2D eigenvalue weighted by Gasteiger charge is -2.18. The highest BCUT2D eigenvalue weighted by atomic mass is 16.5. The van der Waals surface area contributed by atoms with Crippen LogP contribution in [0.25, 0.3) is 0 Å². The number of guanidine groups is 1. The van der Waals surface area contributed by atoms with Gasteiger partial charge in [0.1, 0.15) is 0 Å². The summed E-state index contributed by atoms with van der Waals surface area (Å²) in [5.74, 6) is 0.574. The molecule has 0 bridgehead atoms. The number of benzene rings is 1. The molecule has 2 rings (SSSR count). The summed E-state index contributed by atoms with van der Waals surface area (Å²) >= 11 is 0. The number of aromatic nitrogens is 2. The van der Waals surface area contributed by atoms with Crippen molar-refractivity contribution in [1.82, 2.24) is 14.9 Å². The number of carbonyl (C=O) groups is 1. The number of nitrogens with two attached hydrogens (primary N) is 2. The second kappa shape index (κ2) is 13.6. The van der Waals surface area contributed by atoms with Gasteiger partial charge in [0, 0.05) is 32.0 Å². The number of nitroso groups, excluding NO2 is 1. The van der Waals surface area contributed by atoms with E-state index in [1.807, 2.05) is 10.8 Å². The standard InChI is InChI=1S/C21H31N7O5/c1-31-16-12-15(13-17(32-2)19(16)33-11-4-3-6-26-21(22)23)18(27-30)20(29)25-7-5-9-28-10-8-24-14-28/h8,10,12-14,18H,3-7,9,11H2,1-2H3,(H,25,29)(H4,22,23,26). The molecule has 33 heavy (non-hydrogen) atoms. The smallest absolute Gasteiger partial charge is 0.253 e. The van der Waals surface area contributed by atoms with E-state index in [0.29, 0.717) is 61.9 Å². The third-order valence-corrected chi connectivity index (χ3v) is 4.70. The summed E-state index contributed by atoms with van der Waals surface area (Å²) in [4.78, 5) is 32.0. The van der Waals surface area contributed by atoms with Crippen molar-refractivity contribution in [2.24, 2.45) is 21.6 Å². The number of methoxy groups -OCH3 is 2. The first-order chi connectivity index (χ1) is 16.0. The minimum absolute atomic E-state index is 0.0513. The molecule has 0 saturated carbocycles. The van der Waals surface area contributed by atoms with Crippen molar-refractivity contribution >= 4 is 11.9 Å². The first-order valence-corrected chi connectivity index (χ1v) is 10.5. The van der Waals surface area contributed by atoms with Crippen LogP contribution in [0.4, 0.5) is 0 Å². The number of rotatable bonds is 15. The van der Waals surface area contributed by atoms with Crippen LogP contribution in [0.5, 0.6) is 17.2 Å². The fraction of sp³-hybridized carbons (Fsp3) is 0.476. The van der Waals surface area contributed by atoms with Gasteiger partial charge in [-0.2, -0.15) is 0 Å². The molecule has 0 aliphatic carbocycles. The fourth-order valence-corrected chi connectivity index (χ4v) is 3.05. The zero-order valence-corrected chi connectivity index (χ0v) is 18.9. The number of aliphatic imine (C=N–C) groups is 1. The summed E-state index contributed by atoms with van der Waals surface area (Å²) < 4.78 is 18.5. The van der Waals surface area contributed by atoms with Gasteiger partial charge in [-0.1, -0.05) is 5.18 Å². The molecule has 0 spiro atoms. The molecule has 0 aliphatic heterocycles. The largest absolute Gasteiger partial charge is 0.493 e. The van der Waals surface area contributed by atoms with E-state index in [2.05, 4.69) is 20.5 Å². The number of unbranched alkanes of at least 4 members (excludes halogenated alkanes) is 1. The van der Waals surface area contributed by atoms with Crippen molar-refractivity contribution in [3.63, 3.8) is 0 Å². The quantitative estimate of drug-likeness (QED) is 0.154. The number of carbonyl (C=O) groups excluding carboxylic acids is 1. The Morgan fingerprint density at radius 1 is 1.18 bits per heavy atom.